The number of ether oxygens (including phenoxy) is 1. The molecule has 0 radical (unpaired) electrons. The number of rotatable bonds is 7. The Morgan fingerprint density at radius 1 is 1.44 bits per heavy atom. The van der Waals surface area contributed by atoms with Gasteiger partial charge >= 0.3 is 0 Å². The summed E-state index contributed by atoms with van der Waals surface area (Å²) < 4.78 is 5.48. The lowest BCUT2D eigenvalue weighted by atomic mass is 10.00. The fourth-order valence-corrected chi connectivity index (χ4v) is 1.87. The predicted molar refractivity (Wildman–Crippen MR) is 68.4 cm³/mol. The Morgan fingerprint density at radius 3 is 2.78 bits per heavy atom. The lowest BCUT2D eigenvalue weighted by molar-refractivity contribution is -0.0233. The third kappa shape index (κ3) is 4.12. The smallest absolute Gasteiger partial charge is 0.285 e. The molecule has 0 aromatic rings. The molecule has 2 unspecified atom stereocenters. The van der Waals surface area contributed by atoms with Gasteiger partial charge < -0.3 is 25.4 Å². The van der Waals surface area contributed by atoms with Crippen molar-refractivity contribution in [2.45, 2.75) is 57.5 Å². The number of unbranched alkanes of at least 4 members (excludes halogenated alkanes) is 1. The molecule has 0 spiro atoms. The highest BCUT2D eigenvalue weighted by Gasteiger charge is 2.37. The summed E-state index contributed by atoms with van der Waals surface area (Å²) in [6, 6.07) is 0.0307. The van der Waals surface area contributed by atoms with Crippen molar-refractivity contribution in [1.82, 2.24) is 5.32 Å². The van der Waals surface area contributed by atoms with E-state index in [1.54, 1.807) is 0 Å². The van der Waals surface area contributed by atoms with Gasteiger partial charge in [0.1, 0.15) is 12.2 Å². The number of aliphatic hydroxyl groups is 3. The van der Waals surface area contributed by atoms with Crippen molar-refractivity contribution >= 4 is 6.02 Å². The molecule has 0 amide bonds. The van der Waals surface area contributed by atoms with E-state index >= 15 is 0 Å². The topological polar surface area (TPSA) is 94.3 Å². The highest BCUT2D eigenvalue weighted by atomic mass is 16.5. The Bertz CT molecular complexity index is 273. The normalized spacial score (nSPS) is 28.8. The van der Waals surface area contributed by atoms with Crippen molar-refractivity contribution in [3.63, 3.8) is 0 Å². The van der Waals surface area contributed by atoms with E-state index in [0.29, 0.717) is 12.6 Å². The Hall–Kier alpha value is -0.850. The van der Waals surface area contributed by atoms with Crippen molar-refractivity contribution in [1.29, 1.82) is 0 Å². The van der Waals surface area contributed by atoms with E-state index in [1.807, 2.05) is 6.92 Å². The Morgan fingerprint density at radius 2 is 2.17 bits per heavy atom. The van der Waals surface area contributed by atoms with Gasteiger partial charge in [-0.15, -0.1) is 0 Å². The summed E-state index contributed by atoms with van der Waals surface area (Å²) in [5.41, 5.74) is 0. The highest BCUT2D eigenvalue weighted by Crippen LogP contribution is 2.15. The summed E-state index contributed by atoms with van der Waals surface area (Å²) in [6.45, 7) is 4.43. The van der Waals surface area contributed by atoms with Gasteiger partial charge in [0.15, 0.2) is 0 Å². The SMILES string of the molecule is CCCCN=C1NC([C@@H](O)[C@H](O)CCO)C(C)O1. The zero-order valence-electron chi connectivity index (χ0n) is 11.0. The number of nitrogens with zero attached hydrogens (tertiary/aromatic N) is 1. The maximum atomic E-state index is 9.95. The zero-order chi connectivity index (χ0) is 13.5. The van der Waals surface area contributed by atoms with Gasteiger partial charge in [0, 0.05) is 13.2 Å². The minimum absolute atomic E-state index is 0.147. The van der Waals surface area contributed by atoms with Crippen LogP contribution < -0.4 is 5.32 Å². The molecule has 1 aliphatic heterocycles. The first kappa shape index (κ1) is 15.2. The number of hydrogen-bond donors (Lipinski definition) is 4. The van der Waals surface area contributed by atoms with Gasteiger partial charge in [-0.2, -0.15) is 0 Å². The van der Waals surface area contributed by atoms with E-state index in [4.69, 9.17) is 9.84 Å². The van der Waals surface area contributed by atoms with E-state index in [-0.39, 0.29) is 19.1 Å². The molecule has 0 aromatic heterocycles. The summed E-state index contributed by atoms with van der Waals surface area (Å²) in [7, 11) is 0. The molecule has 1 heterocycles. The first-order valence-corrected chi connectivity index (χ1v) is 6.54. The molecule has 0 aliphatic carbocycles. The summed E-state index contributed by atoms with van der Waals surface area (Å²) >= 11 is 0. The van der Waals surface area contributed by atoms with Crippen molar-refractivity contribution in [2.24, 2.45) is 4.99 Å². The Balaban J connectivity index is 2.50. The summed E-state index contributed by atoms with van der Waals surface area (Å²) in [5, 5.41) is 31.3. The van der Waals surface area contributed by atoms with E-state index < -0.39 is 18.2 Å². The van der Waals surface area contributed by atoms with E-state index in [9.17, 15) is 10.2 Å². The summed E-state index contributed by atoms with van der Waals surface area (Å²) in [5.74, 6) is 0. The van der Waals surface area contributed by atoms with E-state index in [2.05, 4.69) is 17.2 Å². The van der Waals surface area contributed by atoms with Crippen molar-refractivity contribution in [3.8, 4) is 0 Å². The number of amidine groups is 1. The van der Waals surface area contributed by atoms with Crippen LogP contribution in [0.2, 0.25) is 0 Å². The van der Waals surface area contributed by atoms with Crippen LogP contribution in [0.15, 0.2) is 4.99 Å². The number of aliphatic hydroxyl groups excluding tert-OH is 3. The molecule has 1 rings (SSSR count). The van der Waals surface area contributed by atoms with Gasteiger partial charge in [-0.05, 0) is 19.8 Å². The maximum absolute atomic E-state index is 9.95. The molecular formula is C12H24N2O4. The van der Waals surface area contributed by atoms with Crippen LogP contribution in [0.4, 0.5) is 0 Å². The standard InChI is InChI=1S/C12H24N2O4/c1-3-4-6-13-12-14-10(8(2)18-12)11(17)9(16)5-7-15/h8-11,15-17H,3-7H2,1-2H3,(H,13,14)/t8?,9-,10?,11+/m1/s1. The number of aliphatic imine (C=N–C) groups is 1. The second kappa shape index (κ2) is 7.56. The van der Waals surface area contributed by atoms with Gasteiger partial charge in [0.25, 0.3) is 6.02 Å². The second-order valence-electron chi connectivity index (χ2n) is 4.60. The van der Waals surface area contributed by atoms with Gasteiger partial charge in [-0.1, -0.05) is 13.3 Å². The predicted octanol–water partition coefficient (Wildman–Crippen LogP) is -0.376. The minimum atomic E-state index is -0.981. The number of hydrogen-bond acceptors (Lipinski definition) is 5. The molecule has 6 heteroatoms. The molecule has 0 saturated carbocycles. The van der Waals surface area contributed by atoms with Gasteiger partial charge in [-0.25, -0.2) is 4.99 Å². The third-order valence-corrected chi connectivity index (χ3v) is 3.05. The van der Waals surface area contributed by atoms with Crippen molar-refractivity contribution in [2.75, 3.05) is 13.2 Å². The molecule has 6 nitrogen and oxygen atoms in total. The molecule has 4 atom stereocenters. The van der Waals surface area contributed by atoms with E-state index in [0.717, 1.165) is 12.8 Å². The first-order chi connectivity index (χ1) is 8.60. The molecule has 1 fully saturated rings. The van der Waals surface area contributed by atoms with Crippen molar-refractivity contribution in [3.05, 3.63) is 0 Å². The fraction of sp³-hybridized carbons (Fsp3) is 0.917. The molecule has 0 aromatic carbocycles. The quantitative estimate of drug-likeness (QED) is 0.468. The summed E-state index contributed by atoms with van der Waals surface area (Å²) in [4.78, 5) is 4.24. The average molecular weight is 260 g/mol. The van der Waals surface area contributed by atoms with Crippen molar-refractivity contribution < 1.29 is 20.1 Å². The highest BCUT2D eigenvalue weighted by molar-refractivity contribution is 5.76. The molecular weight excluding hydrogens is 236 g/mol. The Labute approximate surface area is 108 Å². The number of nitrogens with one attached hydrogen (secondary N) is 1. The molecule has 106 valence electrons. The zero-order valence-corrected chi connectivity index (χ0v) is 11.0. The molecule has 4 N–H and O–H groups in total. The molecule has 18 heavy (non-hydrogen) atoms. The molecule has 1 saturated heterocycles. The monoisotopic (exact) mass is 260 g/mol. The fourth-order valence-electron chi connectivity index (χ4n) is 1.87. The van der Waals surface area contributed by atoms with Gasteiger partial charge in [0.2, 0.25) is 0 Å². The van der Waals surface area contributed by atoms with Crippen LogP contribution in [0.3, 0.4) is 0 Å². The average Bonchev–Trinajstić information content (AvgIpc) is 2.70. The maximum Gasteiger partial charge on any atom is 0.285 e. The third-order valence-electron chi connectivity index (χ3n) is 3.05. The van der Waals surface area contributed by atoms with Crippen LogP contribution in [0.25, 0.3) is 0 Å². The van der Waals surface area contributed by atoms with E-state index in [1.165, 1.54) is 0 Å². The largest absolute Gasteiger partial charge is 0.460 e. The van der Waals surface area contributed by atoms with Gasteiger partial charge in [-0.3, -0.25) is 0 Å². The Kier molecular flexibility index (Phi) is 6.38. The molecule has 0 bridgehead atoms. The minimum Gasteiger partial charge on any atom is -0.460 e. The van der Waals surface area contributed by atoms with Crippen LogP contribution in [0.5, 0.6) is 0 Å². The molecule has 1 aliphatic rings. The lowest BCUT2D eigenvalue weighted by Crippen LogP contribution is -2.48. The lowest BCUT2D eigenvalue weighted by Gasteiger charge is -2.24. The summed E-state index contributed by atoms with van der Waals surface area (Å²) in [6.07, 6.45) is -0.00100. The van der Waals surface area contributed by atoms with Crippen LogP contribution in [0.1, 0.15) is 33.1 Å². The first-order valence-electron chi connectivity index (χ1n) is 6.54. The van der Waals surface area contributed by atoms with Gasteiger partial charge in [0.05, 0.1) is 12.1 Å². The second-order valence-corrected chi connectivity index (χ2v) is 4.60. The van der Waals surface area contributed by atoms with Crippen LogP contribution in [-0.4, -0.2) is 58.8 Å². The van der Waals surface area contributed by atoms with Crippen LogP contribution in [0, 0.1) is 0 Å². The van der Waals surface area contributed by atoms with Crippen LogP contribution in [-0.2, 0) is 4.74 Å². The van der Waals surface area contributed by atoms with Crippen LogP contribution >= 0.6 is 0 Å².